The van der Waals surface area contributed by atoms with Crippen LogP contribution in [0.2, 0.25) is 10.0 Å². The first kappa shape index (κ1) is 27.5. The van der Waals surface area contributed by atoms with Crippen LogP contribution < -0.4 is 9.64 Å². The molecule has 1 aliphatic carbocycles. The Morgan fingerprint density at radius 3 is 2.56 bits per heavy atom. The van der Waals surface area contributed by atoms with E-state index >= 15 is 0 Å². The number of pyridine rings is 1. The van der Waals surface area contributed by atoms with Crippen LogP contribution in [0, 0.1) is 0 Å². The summed E-state index contributed by atoms with van der Waals surface area (Å²) in [6.07, 6.45) is 5.45. The topological polar surface area (TPSA) is 79.7 Å². The monoisotopic (exact) mass is 590 g/mol. The first-order valence-electron chi connectivity index (χ1n) is 13.7. The van der Waals surface area contributed by atoms with Crippen molar-refractivity contribution >= 4 is 51.7 Å². The normalized spacial score (nSPS) is 18.6. The number of amides is 1. The zero-order chi connectivity index (χ0) is 28.7. The van der Waals surface area contributed by atoms with Crippen LogP contribution in [-0.4, -0.2) is 52.8 Å². The van der Waals surface area contributed by atoms with E-state index in [1.165, 1.54) is 0 Å². The number of halogens is 2. The molecule has 9 heteroatoms. The fourth-order valence-corrected chi connectivity index (χ4v) is 7.06. The number of hydrogen-bond donors (Lipinski definition) is 1. The number of fused-ring (bicyclic) bond motifs is 2. The van der Waals surface area contributed by atoms with Crippen molar-refractivity contribution in [2.75, 3.05) is 25.0 Å². The maximum atomic E-state index is 14.6. The van der Waals surface area contributed by atoms with Crippen molar-refractivity contribution in [3.8, 4) is 5.75 Å². The minimum atomic E-state index is -1.36. The molecule has 0 radical (unpaired) electrons. The number of carboxylic acid groups (broad SMARTS) is 1. The number of hydrogen-bond acceptors (Lipinski definition) is 5. The van der Waals surface area contributed by atoms with Crippen LogP contribution in [0.4, 0.5) is 10.5 Å². The van der Waals surface area contributed by atoms with Crippen LogP contribution in [-0.2, 0) is 6.42 Å². The lowest BCUT2D eigenvalue weighted by Crippen LogP contribution is -2.60. The molecule has 2 heterocycles. The molecule has 1 N–H and O–H groups in total. The lowest BCUT2D eigenvalue weighted by molar-refractivity contribution is -0.887. The van der Waals surface area contributed by atoms with Crippen molar-refractivity contribution in [2.45, 2.75) is 37.8 Å². The molecule has 210 valence electrons. The molecule has 1 saturated heterocycles. The van der Waals surface area contributed by atoms with E-state index in [0.29, 0.717) is 15.6 Å². The number of carbonyl (C=O) groups is 2. The standard InChI is InChI=1S/C32H29Cl2N3O4/c1-37(31(38)28-17-23(33)5-8-29(28)34,30-9-4-20-3-7-26(18-27(20)30)41-32(39)40)25-11-14-36(15-12-25)24-6-2-22-19-35-13-10-21(22)16-24/h2-3,5-8,10,13,16-19,25,30H,4,9,11-12,14-15H2,1H3/p+1. The third kappa shape index (κ3) is 5.14. The Hall–Kier alpha value is -3.65. The third-order valence-electron chi connectivity index (χ3n) is 8.82. The molecule has 2 atom stereocenters. The third-order valence-corrected chi connectivity index (χ3v) is 9.39. The SMILES string of the molecule is C[N+](C(=O)c1cc(Cl)ccc1Cl)(C1CCN(c2ccc3cnccc3c2)CC1)C1CCc2ccc(OC(=O)O)cc21. The van der Waals surface area contributed by atoms with Gasteiger partial charge in [0.25, 0.3) is 0 Å². The first-order valence-corrected chi connectivity index (χ1v) is 14.5. The van der Waals surface area contributed by atoms with E-state index in [9.17, 15) is 14.7 Å². The van der Waals surface area contributed by atoms with Gasteiger partial charge in [0.1, 0.15) is 11.8 Å². The quantitative estimate of drug-likeness (QED) is 0.147. The highest BCUT2D eigenvalue weighted by Crippen LogP contribution is 2.46. The Labute approximate surface area is 248 Å². The summed E-state index contributed by atoms with van der Waals surface area (Å²) in [7, 11) is 2.01. The van der Waals surface area contributed by atoms with Crippen LogP contribution in [0.3, 0.4) is 0 Å². The number of benzene rings is 3. The minimum absolute atomic E-state index is 0.0125. The van der Waals surface area contributed by atoms with Crippen LogP contribution in [0.5, 0.6) is 5.75 Å². The molecule has 41 heavy (non-hydrogen) atoms. The maximum Gasteiger partial charge on any atom is 0.511 e. The Kier molecular flexibility index (Phi) is 7.36. The highest BCUT2D eigenvalue weighted by atomic mass is 35.5. The van der Waals surface area contributed by atoms with Gasteiger partial charge in [-0.3, -0.25) is 4.98 Å². The molecule has 0 spiro atoms. The van der Waals surface area contributed by atoms with E-state index in [1.54, 1.807) is 36.5 Å². The van der Waals surface area contributed by atoms with Gasteiger partial charge in [-0.1, -0.05) is 35.3 Å². The molecule has 0 bridgehead atoms. The van der Waals surface area contributed by atoms with Crippen LogP contribution in [0.1, 0.15) is 46.8 Å². The summed E-state index contributed by atoms with van der Waals surface area (Å²) in [4.78, 5) is 32.4. The number of piperidine rings is 1. The highest BCUT2D eigenvalue weighted by molar-refractivity contribution is 6.35. The van der Waals surface area contributed by atoms with Crippen LogP contribution >= 0.6 is 23.2 Å². The number of anilines is 1. The average molecular weight is 592 g/mol. The van der Waals surface area contributed by atoms with Gasteiger partial charge >= 0.3 is 12.1 Å². The number of ether oxygens (including phenoxy) is 1. The van der Waals surface area contributed by atoms with Gasteiger partial charge in [-0.05, 0) is 65.9 Å². The Balaban J connectivity index is 1.35. The summed E-state index contributed by atoms with van der Waals surface area (Å²) in [5.74, 6) is 0.167. The van der Waals surface area contributed by atoms with Gasteiger partial charge in [-0.2, -0.15) is 0 Å². The van der Waals surface area contributed by atoms with Gasteiger partial charge in [0.05, 0.1) is 23.7 Å². The fourth-order valence-electron chi connectivity index (χ4n) is 6.69. The van der Waals surface area contributed by atoms with Crippen molar-refractivity contribution in [2.24, 2.45) is 0 Å². The molecule has 1 aliphatic heterocycles. The summed E-state index contributed by atoms with van der Waals surface area (Å²) in [6.45, 7) is 1.60. The molecule has 1 aromatic heterocycles. The Morgan fingerprint density at radius 1 is 0.976 bits per heavy atom. The summed E-state index contributed by atoms with van der Waals surface area (Å²) in [6, 6.07) is 18.6. The molecule has 7 nitrogen and oxygen atoms in total. The van der Waals surface area contributed by atoms with Gasteiger partial charge in [-0.25, -0.2) is 14.1 Å². The first-order chi connectivity index (χ1) is 19.7. The van der Waals surface area contributed by atoms with Crippen molar-refractivity contribution in [3.05, 3.63) is 99.8 Å². The van der Waals surface area contributed by atoms with Crippen molar-refractivity contribution < 1.29 is 23.9 Å². The van der Waals surface area contributed by atoms with E-state index in [4.69, 9.17) is 27.9 Å². The van der Waals surface area contributed by atoms with Crippen molar-refractivity contribution in [1.82, 2.24) is 4.98 Å². The summed E-state index contributed by atoms with van der Waals surface area (Å²) in [5, 5.41) is 12.3. The smallest absolute Gasteiger partial charge is 0.449 e. The lowest BCUT2D eigenvalue weighted by Gasteiger charge is -2.47. The van der Waals surface area contributed by atoms with E-state index in [2.05, 4.69) is 28.1 Å². The molecule has 4 aromatic rings. The molecule has 6 rings (SSSR count). The van der Waals surface area contributed by atoms with E-state index in [0.717, 1.165) is 66.4 Å². The predicted molar refractivity (Wildman–Crippen MR) is 160 cm³/mol. The number of aryl methyl sites for hydroxylation is 1. The second-order valence-corrected chi connectivity index (χ2v) is 11.8. The number of carbonyl (C=O) groups excluding carboxylic acids is 1. The summed E-state index contributed by atoms with van der Waals surface area (Å²) < 4.78 is 5.12. The molecule has 2 aliphatic rings. The zero-order valence-electron chi connectivity index (χ0n) is 22.6. The van der Waals surface area contributed by atoms with Crippen molar-refractivity contribution in [3.63, 3.8) is 0 Å². The molecule has 0 saturated carbocycles. The summed E-state index contributed by atoms with van der Waals surface area (Å²) in [5.41, 5.74) is 3.61. The molecule has 1 fully saturated rings. The highest BCUT2D eigenvalue weighted by Gasteiger charge is 2.51. The van der Waals surface area contributed by atoms with Gasteiger partial charge in [-0.15, -0.1) is 0 Å². The van der Waals surface area contributed by atoms with Crippen LogP contribution in [0.25, 0.3) is 10.8 Å². The second kappa shape index (κ2) is 11.0. The Morgan fingerprint density at radius 2 is 1.78 bits per heavy atom. The van der Waals surface area contributed by atoms with E-state index in [-0.39, 0.29) is 28.2 Å². The molecular formula is C32H30Cl2N3O4+. The maximum absolute atomic E-state index is 14.6. The molecular weight excluding hydrogens is 561 g/mol. The van der Waals surface area contributed by atoms with Crippen LogP contribution in [0.15, 0.2) is 73.1 Å². The van der Waals surface area contributed by atoms with Gasteiger partial charge in [0, 0.05) is 66.4 Å². The van der Waals surface area contributed by atoms with Gasteiger partial charge < -0.3 is 14.7 Å². The van der Waals surface area contributed by atoms with E-state index in [1.807, 2.05) is 25.4 Å². The number of aromatic nitrogens is 1. The summed E-state index contributed by atoms with van der Waals surface area (Å²) >= 11 is 12.9. The lowest BCUT2D eigenvalue weighted by atomic mass is 9.93. The molecule has 1 amide bonds. The minimum Gasteiger partial charge on any atom is -0.449 e. The Bertz CT molecular complexity index is 1650. The zero-order valence-corrected chi connectivity index (χ0v) is 24.1. The predicted octanol–water partition coefficient (Wildman–Crippen LogP) is 7.54. The van der Waals surface area contributed by atoms with Gasteiger partial charge in [0.2, 0.25) is 0 Å². The van der Waals surface area contributed by atoms with Gasteiger partial charge in [0.15, 0.2) is 0 Å². The number of quaternary nitrogens is 1. The van der Waals surface area contributed by atoms with Crippen molar-refractivity contribution in [1.29, 1.82) is 0 Å². The largest absolute Gasteiger partial charge is 0.511 e. The average Bonchev–Trinajstić information content (AvgIpc) is 3.41. The molecule has 3 aromatic carbocycles. The fraction of sp³-hybridized carbons (Fsp3) is 0.281. The second-order valence-electron chi connectivity index (χ2n) is 11.0. The number of rotatable bonds is 5. The van der Waals surface area contributed by atoms with E-state index < -0.39 is 6.16 Å². The number of nitrogens with zero attached hydrogens (tertiary/aromatic N) is 3. The molecule has 2 unspecified atom stereocenters.